The molecular formula is C16H22ClF3N2O. The molecule has 0 saturated carbocycles. The zero-order chi connectivity index (χ0) is 16.2. The summed E-state index contributed by atoms with van der Waals surface area (Å²) < 4.78 is 39.9. The highest BCUT2D eigenvalue weighted by Crippen LogP contribution is 2.37. The summed E-state index contributed by atoms with van der Waals surface area (Å²) in [6.45, 7) is 1.02. The number of benzene rings is 1. The Bertz CT molecular complexity index is 496. The molecule has 1 aromatic rings. The van der Waals surface area contributed by atoms with E-state index in [9.17, 15) is 18.0 Å². The van der Waals surface area contributed by atoms with Crippen LogP contribution in [0.15, 0.2) is 30.3 Å². The van der Waals surface area contributed by atoms with Gasteiger partial charge in [-0.1, -0.05) is 30.3 Å². The molecule has 1 aliphatic heterocycles. The minimum atomic E-state index is -4.42. The topological polar surface area (TPSA) is 32.3 Å². The highest BCUT2D eigenvalue weighted by Gasteiger charge is 2.42. The van der Waals surface area contributed by atoms with Crippen LogP contribution in [0.4, 0.5) is 13.2 Å². The number of likely N-dealkylation sites (N-methyl/N-ethyl adjacent to an activating group) is 1. The number of carbonyl (C=O) groups excluding carboxylic acids is 1. The molecule has 0 bridgehead atoms. The van der Waals surface area contributed by atoms with Crippen LogP contribution in [-0.2, 0) is 4.79 Å². The van der Waals surface area contributed by atoms with E-state index in [0.717, 1.165) is 12.8 Å². The standard InChI is InChI=1S/C16H21F3N2O.ClH/c1-20-13-8-5-9-21(11-13)15(22)10-14(16(17,18)19)12-6-3-2-4-7-12;/h2-4,6-7,13-14,20H,5,8-11H2,1H3;1H. The average molecular weight is 351 g/mol. The fourth-order valence-corrected chi connectivity index (χ4v) is 2.85. The SMILES string of the molecule is CNC1CCCN(C(=O)CC(c2ccccc2)C(F)(F)F)C1.Cl. The number of piperidine rings is 1. The molecule has 2 rings (SSSR count). The van der Waals surface area contributed by atoms with Crippen molar-refractivity contribution in [1.82, 2.24) is 10.2 Å². The molecule has 1 amide bonds. The van der Waals surface area contributed by atoms with Crippen LogP contribution in [0.2, 0.25) is 0 Å². The molecule has 1 fully saturated rings. The van der Waals surface area contributed by atoms with Gasteiger partial charge in [0.2, 0.25) is 5.91 Å². The third kappa shape index (κ3) is 5.39. The lowest BCUT2D eigenvalue weighted by Crippen LogP contribution is -2.47. The number of amides is 1. The number of nitrogens with zero attached hydrogens (tertiary/aromatic N) is 1. The molecule has 1 heterocycles. The summed E-state index contributed by atoms with van der Waals surface area (Å²) >= 11 is 0. The van der Waals surface area contributed by atoms with Gasteiger partial charge in [-0.25, -0.2) is 0 Å². The van der Waals surface area contributed by atoms with Crippen molar-refractivity contribution in [2.75, 3.05) is 20.1 Å². The molecule has 1 saturated heterocycles. The Hall–Kier alpha value is -1.27. The molecule has 0 radical (unpaired) electrons. The van der Waals surface area contributed by atoms with Crippen LogP contribution in [0.5, 0.6) is 0 Å². The van der Waals surface area contributed by atoms with E-state index >= 15 is 0 Å². The van der Waals surface area contributed by atoms with E-state index < -0.39 is 24.4 Å². The molecule has 23 heavy (non-hydrogen) atoms. The first-order valence-corrected chi connectivity index (χ1v) is 7.48. The van der Waals surface area contributed by atoms with Crippen molar-refractivity contribution in [1.29, 1.82) is 0 Å². The number of alkyl halides is 3. The van der Waals surface area contributed by atoms with Crippen molar-refractivity contribution >= 4 is 18.3 Å². The Morgan fingerprint density at radius 3 is 2.57 bits per heavy atom. The van der Waals surface area contributed by atoms with Gasteiger partial charge in [-0.15, -0.1) is 12.4 Å². The van der Waals surface area contributed by atoms with Gasteiger partial charge in [0.1, 0.15) is 0 Å². The third-order valence-electron chi connectivity index (χ3n) is 4.16. The van der Waals surface area contributed by atoms with Crippen LogP contribution in [-0.4, -0.2) is 43.2 Å². The molecule has 1 aromatic carbocycles. The van der Waals surface area contributed by atoms with Crippen LogP contribution in [0, 0.1) is 0 Å². The fourth-order valence-electron chi connectivity index (χ4n) is 2.85. The Morgan fingerprint density at radius 1 is 1.35 bits per heavy atom. The second-order valence-electron chi connectivity index (χ2n) is 5.68. The molecular weight excluding hydrogens is 329 g/mol. The minimum Gasteiger partial charge on any atom is -0.341 e. The molecule has 0 aromatic heterocycles. The third-order valence-corrected chi connectivity index (χ3v) is 4.16. The van der Waals surface area contributed by atoms with Gasteiger partial charge in [0, 0.05) is 25.6 Å². The quantitative estimate of drug-likeness (QED) is 0.903. The summed E-state index contributed by atoms with van der Waals surface area (Å²) in [5.74, 6) is -2.16. The van der Waals surface area contributed by atoms with Gasteiger partial charge in [-0.05, 0) is 25.5 Å². The molecule has 0 aliphatic carbocycles. The zero-order valence-electron chi connectivity index (χ0n) is 13.0. The maximum atomic E-state index is 13.3. The predicted molar refractivity (Wildman–Crippen MR) is 85.8 cm³/mol. The molecule has 7 heteroatoms. The van der Waals surface area contributed by atoms with Gasteiger partial charge < -0.3 is 10.2 Å². The molecule has 2 unspecified atom stereocenters. The van der Waals surface area contributed by atoms with Crippen molar-refractivity contribution in [3.05, 3.63) is 35.9 Å². The first-order chi connectivity index (χ1) is 10.4. The molecule has 130 valence electrons. The normalized spacial score (nSPS) is 19.8. The largest absolute Gasteiger partial charge is 0.396 e. The zero-order valence-corrected chi connectivity index (χ0v) is 13.8. The smallest absolute Gasteiger partial charge is 0.341 e. The minimum absolute atomic E-state index is 0. The highest BCUT2D eigenvalue weighted by molar-refractivity contribution is 5.85. The second kappa shape index (κ2) is 8.55. The van der Waals surface area contributed by atoms with Crippen LogP contribution in [0.1, 0.15) is 30.7 Å². The van der Waals surface area contributed by atoms with Crippen LogP contribution >= 0.6 is 12.4 Å². The Kier molecular flexibility index (Phi) is 7.35. The van der Waals surface area contributed by atoms with Gasteiger partial charge in [-0.2, -0.15) is 13.2 Å². The van der Waals surface area contributed by atoms with E-state index in [-0.39, 0.29) is 24.0 Å². The summed E-state index contributed by atoms with van der Waals surface area (Å²) in [7, 11) is 1.81. The number of rotatable bonds is 4. The average Bonchev–Trinajstić information content (AvgIpc) is 2.52. The van der Waals surface area contributed by atoms with Crippen molar-refractivity contribution < 1.29 is 18.0 Å². The summed E-state index contributed by atoms with van der Waals surface area (Å²) in [4.78, 5) is 13.8. The first kappa shape index (κ1) is 19.8. The molecule has 3 nitrogen and oxygen atoms in total. The lowest BCUT2D eigenvalue weighted by molar-refractivity contribution is -0.161. The van der Waals surface area contributed by atoms with E-state index in [1.807, 2.05) is 0 Å². The van der Waals surface area contributed by atoms with Gasteiger partial charge in [0.25, 0.3) is 0 Å². The molecule has 2 atom stereocenters. The van der Waals surface area contributed by atoms with E-state index in [4.69, 9.17) is 0 Å². The summed E-state index contributed by atoms with van der Waals surface area (Å²) in [6.07, 6.45) is -3.18. The fraction of sp³-hybridized carbons (Fsp3) is 0.562. The van der Waals surface area contributed by atoms with Crippen molar-refractivity contribution in [3.63, 3.8) is 0 Å². The molecule has 1 N–H and O–H groups in total. The van der Waals surface area contributed by atoms with Gasteiger partial charge in [-0.3, -0.25) is 4.79 Å². The lowest BCUT2D eigenvalue weighted by Gasteiger charge is -2.33. The summed E-state index contributed by atoms with van der Waals surface area (Å²) in [5.41, 5.74) is 0.144. The number of hydrogen-bond donors (Lipinski definition) is 1. The maximum Gasteiger partial charge on any atom is 0.396 e. The Labute approximate surface area is 140 Å². The van der Waals surface area contributed by atoms with Crippen molar-refractivity contribution in [3.8, 4) is 0 Å². The maximum absolute atomic E-state index is 13.3. The number of nitrogens with one attached hydrogen (secondary N) is 1. The number of halogens is 4. The van der Waals surface area contributed by atoms with Gasteiger partial charge in [0.15, 0.2) is 0 Å². The van der Waals surface area contributed by atoms with E-state index in [1.165, 1.54) is 12.1 Å². The van der Waals surface area contributed by atoms with Crippen molar-refractivity contribution in [2.45, 2.75) is 37.4 Å². The van der Waals surface area contributed by atoms with Gasteiger partial charge in [0.05, 0.1) is 5.92 Å². The number of carbonyl (C=O) groups is 1. The molecule has 1 aliphatic rings. The van der Waals surface area contributed by atoms with Crippen LogP contribution < -0.4 is 5.32 Å². The van der Waals surface area contributed by atoms with Crippen LogP contribution in [0.3, 0.4) is 0 Å². The first-order valence-electron chi connectivity index (χ1n) is 7.48. The molecule has 0 spiro atoms. The number of likely N-dealkylation sites (tertiary alicyclic amines) is 1. The van der Waals surface area contributed by atoms with E-state index in [1.54, 1.807) is 30.1 Å². The second-order valence-corrected chi connectivity index (χ2v) is 5.68. The van der Waals surface area contributed by atoms with E-state index in [2.05, 4.69) is 5.32 Å². The van der Waals surface area contributed by atoms with Crippen molar-refractivity contribution in [2.24, 2.45) is 0 Å². The monoisotopic (exact) mass is 350 g/mol. The van der Waals surface area contributed by atoms with Gasteiger partial charge >= 0.3 is 6.18 Å². The summed E-state index contributed by atoms with van der Waals surface area (Å²) in [5, 5.41) is 3.09. The van der Waals surface area contributed by atoms with Crippen LogP contribution in [0.25, 0.3) is 0 Å². The Balaban J connectivity index is 0.00000264. The lowest BCUT2D eigenvalue weighted by atomic mass is 9.94. The predicted octanol–water partition coefficient (Wildman–Crippen LogP) is 3.35. The highest BCUT2D eigenvalue weighted by atomic mass is 35.5. The Morgan fingerprint density at radius 2 is 2.00 bits per heavy atom. The number of hydrogen-bond acceptors (Lipinski definition) is 2. The summed E-state index contributed by atoms with van der Waals surface area (Å²) in [6, 6.07) is 7.82. The van der Waals surface area contributed by atoms with E-state index in [0.29, 0.717) is 13.1 Å².